The summed E-state index contributed by atoms with van der Waals surface area (Å²) in [5, 5.41) is 2.79. The minimum atomic E-state index is -0.392. The van der Waals surface area contributed by atoms with Crippen molar-refractivity contribution in [3.8, 4) is 5.75 Å². The number of hydrogen-bond acceptors (Lipinski definition) is 3. The molecule has 2 rings (SSSR count). The van der Waals surface area contributed by atoms with Crippen LogP contribution in [0.1, 0.15) is 12.5 Å². The normalized spacial score (nSPS) is 10.2. The largest absolute Gasteiger partial charge is 0.497 e. The van der Waals surface area contributed by atoms with Crippen LogP contribution in [0.15, 0.2) is 48.5 Å². The standard InChI is InChI=1S/C19H21FN2O3/c1-14(23)22(17-7-5-16(20)6-8-17)13-19(24)21-12-11-15-3-9-18(25-2)10-4-15/h3-10H,11-13H2,1-2H3,(H,21,24). The van der Waals surface area contributed by atoms with Gasteiger partial charge in [-0.2, -0.15) is 0 Å². The zero-order valence-corrected chi connectivity index (χ0v) is 14.3. The molecular formula is C19H21FN2O3. The van der Waals surface area contributed by atoms with Gasteiger partial charge in [-0.25, -0.2) is 4.39 Å². The number of halogens is 1. The van der Waals surface area contributed by atoms with E-state index < -0.39 is 5.82 Å². The molecule has 1 N–H and O–H groups in total. The summed E-state index contributed by atoms with van der Waals surface area (Å²) in [6, 6.07) is 13.1. The first-order valence-electron chi connectivity index (χ1n) is 7.93. The Bertz CT molecular complexity index is 714. The van der Waals surface area contributed by atoms with Crippen molar-refractivity contribution >= 4 is 17.5 Å². The molecule has 0 fully saturated rings. The zero-order chi connectivity index (χ0) is 18.2. The molecule has 0 bridgehead atoms. The van der Waals surface area contributed by atoms with Crippen molar-refractivity contribution < 1.29 is 18.7 Å². The van der Waals surface area contributed by atoms with Gasteiger partial charge in [0.25, 0.3) is 0 Å². The molecule has 0 unspecified atom stereocenters. The third-order valence-corrected chi connectivity index (χ3v) is 3.72. The van der Waals surface area contributed by atoms with Gasteiger partial charge < -0.3 is 15.0 Å². The number of rotatable bonds is 7. The number of nitrogens with one attached hydrogen (secondary N) is 1. The summed E-state index contributed by atoms with van der Waals surface area (Å²) in [7, 11) is 1.61. The number of ether oxygens (including phenoxy) is 1. The first kappa shape index (κ1) is 18.4. The predicted octanol–water partition coefficient (Wildman–Crippen LogP) is 2.55. The van der Waals surface area contributed by atoms with Crippen molar-refractivity contribution in [2.45, 2.75) is 13.3 Å². The van der Waals surface area contributed by atoms with Gasteiger partial charge in [-0.1, -0.05) is 12.1 Å². The predicted molar refractivity (Wildman–Crippen MR) is 94.1 cm³/mol. The molecule has 0 radical (unpaired) electrons. The van der Waals surface area contributed by atoms with Crippen LogP contribution in [0.4, 0.5) is 10.1 Å². The summed E-state index contributed by atoms with van der Waals surface area (Å²) in [4.78, 5) is 25.2. The Morgan fingerprint density at radius 3 is 2.28 bits per heavy atom. The molecule has 5 nitrogen and oxygen atoms in total. The van der Waals surface area contributed by atoms with E-state index >= 15 is 0 Å². The summed E-state index contributed by atoms with van der Waals surface area (Å²) in [5.74, 6) is -0.162. The van der Waals surface area contributed by atoms with E-state index in [9.17, 15) is 14.0 Å². The molecule has 0 heterocycles. The average molecular weight is 344 g/mol. The molecule has 0 saturated heterocycles. The molecule has 2 aromatic rings. The van der Waals surface area contributed by atoms with E-state index in [1.54, 1.807) is 7.11 Å². The number of amides is 2. The van der Waals surface area contributed by atoms with E-state index in [-0.39, 0.29) is 18.4 Å². The van der Waals surface area contributed by atoms with Gasteiger partial charge in [0, 0.05) is 19.2 Å². The van der Waals surface area contributed by atoms with Gasteiger partial charge in [-0.15, -0.1) is 0 Å². The third-order valence-electron chi connectivity index (χ3n) is 3.72. The van der Waals surface area contributed by atoms with Crippen LogP contribution in [-0.2, 0) is 16.0 Å². The monoisotopic (exact) mass is 344 g/mol. The van der Waals surface area contributed by atoms with E-state index in [0.717, 1.165) is 11.3 Å². The fourth-order valence-corrected chi connectivity index (χ4v) is 2.34. The fourth-order valence-electron chi connectivity index (χ4n) is 2.34. The van der Waals surface area contributed by atoms with Gasteiger partial charge >= 0.3 is 0 Å². The average Bonchev–Trinajstić information content (AvgIpc) is 2.61. The highest BCUT2D eigenvalue weighted by molar-refractivity contribution is 5.97. The Kier molecular flexibility index (Phi) is 6.51. The number of carbonyl (C=O) groups excluding carboxylic acids is 2. The zero-order valence-electron chi connectivity index (χ0n) is 14.3. The molecule has 0 aliphatic rings. The quantitative estimate of drug-likeness (QED) is 0.840. The van der Waals surface area contributed by atoms with Crippen molar-refractivity contribution in [3.63, 3.8) is 0 Å². The van der Waals surface area contributed by atoms with Gasteiger partial charge in [0.1, 0.15) is 18.1 Å². The number of carbonyl (C=O) groups is 2. The smallest absolute Gasteiger partial charge is 0.240 e. The van der Waals surface area contributed by atoms with Crippen LogP contribution in [0.25, 0.3) is 0 Å². The molecule has 2 amide bonds. The molecule has 2 aromatic carbocycles. The maximum atomic E-state index is 13.0. The van der Waals surface area contributed by atoms with E-state index in [2.05, 4.69) is 5.32 Å². The molecule has 0 aliphatic carbocycles. The third kappa shape index (κ3) is 5.60. The Labute approximate surface area is 146 Å². The molecule has 0 atom stereocenters. The van der Waals surface area contributed by atoms with Gasteiger partial charge in [-0.05, 0) is 48.4 Å². The van der Waals surface area contributed by atoms with Crippen LogP contribution in [0, 0.1) is 5.82 Å². The Morgan fingerprint density at radius 1 is 1.08 bits per heavy atom. The lowest BCUT2D eigenvalue weighted by atomic mass is 10.1. The second-order valence-electron chi connectivity index (χ2n) is 5.53. The van der Waals surface area contributed by atoms with Crippen molar-refractivity contribution in [2.75, 3.05) is 25.1 Å². The Hall–Kier alpha value is -2.89. The maximum absolute atomic E-state index is 13.0. The summed E-state index contributed by atoms with van der Waals surface area (Å²) in [6.45, 7) is 1.72. The molecule has 0 aliphatic heterocycles. The second kappa shape index (κ2) is 8.82. The topological polar surface area (TPSA) is 58.6 Å². The second-order valence-corrected chi connectivity index (χ2v) is 5.53. The molecule has 132 valence electrons. The Balaban J connectivity index is 1.86. The molecule has 6 heteroatoms. The minimum Gasteiger partial charge on any atom is -0.497 e. The van der Waals surface area contributed by atoms with Crippen LogP contribution in [0.5, 0.6) is 5.75 Å². The van der Waals surface area contributed by atoms with Crippen LogP contribution < -0.4 is 15.0 Å². The molecule has 0 saturated carbocycles. The Morgan fingerprint density at radius 2 is 1.72 bits per heavy atom. The highest BCUT2D eigenvalue weighted by Gasteiger charge is 2.15. The van der Waals surface area contributed by atoms with Crippen LogP contribution in [0.3, 0.4) is 0 Å². The SMILES string of the molecule is COc1ccc(CCNC(=O)CN(C(C)=O)c2ccc(F)cc2)cc1. The van der Waals surface area contributed by atoms with E-state index in [1.165, 1.54) is 36.1 Å². The van der Waals surface area contributed by atoms with Gasteiger partial charge in [0.2, 0.25) is 11.8 Å². The van der Waals surface area contributed by atoms with Crippen LogP contribution in [-0.4, -0.2) is 32.0 Å². The van der Waals surface area contributed by atoms with Crippen molar-refractivity contribution in [2.24, 2.45) is 0 Å². The van der Waals surface area contributed by atoms with Crippen molar-refractivity contribution in [1.29, 1.82) is 0 Å². The summed E-state index contributed by atoms with van der Waals surface area (Å²) < 4.78 is 18.1. The lowest BCUT2D eigenvalue weighted by Gasteiger charge is -2.20. The fraction of sp³-hybridized carbons (Fsp3) is 0.263. The molecule has 25 heavy (non-hydrogen) atoms. The summed E-state index contributed by atoms with van der Waals surface area (Å²) in [6.07, 6.45) is 0.673. The number of anilines is 1. The summed E-state index contributed by atoms with van der Waals surface area (Å²) >= 11 is 0. The lowest BCUT2D eigenvalue weighted by molar-refractivity contribution is -0.123. The molecule has 0 aromatic heterocycles. The lowest BCUT2D eigenvalue weighted by Crippen LogP contribution is -2.40. The number of nitrogens with zero attached hydrogens (tertiary/aromatic N) is 1. The minimum absolute atomic E-state index is 0.108. The molecular weight excluding hydrogens is 323 g/mol. The van der Waals surface area contributed by atoms with Crippen molar-refractivity contribution in [3.05, 3.63) is 59.9 Å². The first-order valence-corrected chi connectivity index (χ1v) is 7.93. The van der Waals surface area contributed by atoms with Gasteiger partial charge in [0.15, 0.2) is 0 Å². The van der Waals surface area contributed by atoms with E-state index in [4.69, 9.17) is 4.74 Å². The highest BCUT2D eigenvalue weighted by atomic mass is 19.1. The number of methoxy groups -OCH3 is 1. The first-order chi connectivity index (χ1) is 12.0. The van der Waals surface area contributed by atoms with Crippen LogP contribution >= 0.6 is 0 Å². The number of hydrogen-bond donors (Lipinski definition) is 1. The maximum Gasteiger partial charge on any atom is 0.240 e. The summed E-state index contributed by atoms with van der Waals surface area (Å²) in [5.41, 5.74) is 1.56. The van der Waals surface area contributed by atoms with E-state index in [1.807, 2.05) is 24.3 Å². The van der Waals surface area contributed by atoms with Crippen LogP contribution in [0.2, 0.25) is 0 Å². The number of benzene rings is 2. The van der Waals surface area contributed by atoms with Gasteiger partial charge in [-0.3, -0.25) is 9.59 Å². The van der Waals surface area contributed by atoms with Crippen molar-refractivity contribution in [1.82, 2.24) is 5.32 Å². The van der Waals surface area contributed by atoms with Gasteiger partial charge in [0.05, 0.1) is 7.11 Å². The highest BCUT2D eigenvalue weighted by Crippen LogP contribution is 2.15. The van der Waals surface area contributed by atoms with E-state index in [0.29, 0.717) is 18.7 Å². The molecule has 0 spiro atoms.